The van der Waals surface area contributed by atoms with Crippen molar-refractivity contribution in [2.45, 2.75) is 30.6 Å². The van der Waals surface area contributed by atoms with Gasteiger partial charge in [-0.25, -0.2) is 21.8 Å². The van der Waals surface area contributed by atoms with Crippen LogP contribution in [0.5, 0.6) is 0 Å². The van der Waals surface area contributed by atoms with Gasteiger partial charge in [0.1, 0.15) is 0 Å². The molecule has 0 aliphatic carbocycles. The van der Waals surface area contributed by atoms with Crippen LogP contribution in [-0.4, -0.2) is 28.9 Å². The van der Waals surface area contributed by atoms with Gasteiger partial charge in [-0.1, -0.05) is 23.8 Å². The molecule has 1 N–H and O–H groups in total. The Kier molecular flexibility index (Phi) is 5.70. The number of aromatic nitrogens is 1. The molecule has 0 aliphatic rings. The predicted molar refractivity (Wildman–Crippen MR) is 116 cm³/mol. The van der Waals surface area contributed by atoms with E-state index in [1.165, 1.54) is 31.4 Å². The zero-order valence-corrected chi connectivity index (χ0v) is 18.8. The van der Waals surface area contributed by atoms with Crippen LogP contribution in [0, 0.1) is 20.8 Å². The molecular weight excluding hydrogens is 430 g/mol. The molecule has 3 aromatic rings. The van der Waals surface area contributed by atoms with Gasteiger partial charge >= 0.3 is 0 Å². The van der Waals surface area contributed by atoms with E-state index in [1.54, 1.807) is 37.4 Å². The highest BCUT2D eigenvalue weighted by molar-refractivity contribution is 7.93. The van der Waals surface area contributed by atoms with Crippen LogP contribution >= 0.6 is 11.3 Å². The first-order valence-electron chi connectivity index (χ1n) is 8.61. The number of aryl methyl sites for hydroxylation is 3. The Balaban J connectivity index is 2.06. The van der Waals surface area contributed by atoms with E-state index in [9.17, 15) is 16.8 Å². The first-order valence-corrected chi connectivity index (χ1v) is 12.4. The number of nitrogens with zero attached hydrogens (tertiary/aromatic N) is 2. The van der Waals surface area contributed by atoms with Crippen LogP contribution in [0.4, 0.5) is 10.8 Å². The molecule has 0 saturated heterocycles. The Morgan fingerprint density at radius 3 is 2.21 bits per heavy atom. The van der Waals surface area contributed by atoms with Crippen molar-refractivity contribution in [1.82, 2.24) is 4.98 Å². The SMILES string of the molecule is Cc1ccc(S(=O)(=O)N(C)c2cc(S(=O)(=O)Nc3nccs3)c(C)cc2C)cc1. The molecule has 7 nitrogen and oxygen atoms in total. The fourth-order valence-electron chi connectivity index (χ4n) is 2.89. The van der Waals surface area contributed by atoms with Crippen LogP contribution in [0.2, 0.25) is 0 Å². The third-order valence-corrected chi connectivity index (χ3v) is 8.54. The molecule has 1 aromatic heterocycles. The van der Waals surface area contributed by atoms with Crippen molar-refractivity contribution in [3.63, 3.8) is 0 Å². The normalized spacial score (nSPS) is 12.0. The highest BCUT2D eigenvalue weighted by Crippen LogP contribution is 2.31. The molecule has 154 valence electrons. The Hall–Kier alpha value is -2.43. The standard InChI is InChI=1S/C19H21N3O4S3/c1-13-5-7-16(8-6-13)29(25,26)22(4)17-12-18(15(3)11-14(17)2)28(23,24)21-19-20-9-10-27-19/h5-12H,1-4H3,(H,20,21). The third kappa shape index (κ3) is 4.29. The van der Waals surface area contributed by atoms with Crippen molar-refractivity contribution in [3.8, 4) is 0 Å². The number of rotatable bonds is 6. The van der Waals surface area contributed by atoms with E-state index in [0.717, 1.165) is 21.2 Å². The number of benzene rings is 2. The van der Waals surface area contributed by atoms with Crippen molar-refractivity contribution in [2.24, 2.45) is 0 Å². The number of hydrogen-bond acceptors (Lipinski definition) is 6. The van der Waals surface area contributed by atoms with Crippen molar-refractivity contribution >= 4 is 42.2 Å². The number of sulfonamides is 2. The summed E-state index contributed by atoms with van der Waals surface area (Å²) >= 11 is 1.16. The summed E-state index contributed by atoms with van der Waals surface area (Å²) in [5, 5.41) is 1.90. The fourth-order valence-corrected chi connectivity index (χ4v) is 6.18. The average Bonchev–Trinajstić information content (AvgIpc) is 3.13. The van der Waals surface area contributed by atoms with Crippen LogP contribution < -0.4 is 9.03 Å². The van der Waals surface area contributed by atoms with E-state index in [0.29, 0.717) is 11.1 Å². The van der Waals surface area contributed by atoms with Crippen LogP contribution in [-0.2, 0) is 20.0 Å². The van der Waals surface area contributed by atoms with E-state index in [2.05, 4.69) is 9.71 Å². The quantitative estimate of drug-likeness (QED) is 0.616. The lowest BCUT2D eigenvalue weighted by Crippen LogP contribution is -2.28. The van der Waals surface area contributed by atoms with E-state index in [4.69, 9.17) is 0 Å². The van der Waals surface area contributed by atoms with Gasteiger partial charge in [0.2, 0.25) is 0 Å². The lowest BCUT2D eigenvalue weighted by Gasteiger charge is -2.23. The van der Waals surface area contributed by atoms with Gasteiger partial charge in [-0.3, -0.25) is 9.03 Å². The van der Waals surface area contributed by atoms with Gasteiger partial charge < -0.3 is 0 Å². The Morgan fingerprint density at radius 1 is 0.966 bits per heavy atom. The molecular formula is C19H21N3O4S3. The first kappa shape index (κ1) is 21.3. The van der Waals surface area contributed by atoms with Crippen LogP contribution in [0.3, 0.4) is 0 Å². The van der Waals surface area contributed by atoms with Gasteiger partial charge in [0, 0.05) is 18.6 Å². The molecule has 0 spiro atoms. The summed E-state index contributed by atoms with van der Waals surface area (Å²) in [4.78, 5) is 4.07. The average molecular weight is 452 g/mol. The van der Waals surface area contributed by atoms with Gasteiger partial charge in [0.25, 0.3) is 20.0 Å². The van der Waals surface area contributed by atoms with E-state index in [-0.39, 0.29) is 20.6 Å². The highest BCUT2D eigenvalue weighted by atomic mass is 32.2. The molecule has 0 unspecified atom stereocenters. The van der Waals surface area contributed by atoms with Crippen LogP contribution in [0.25, 0.3) is 0 Å². The topological polar surface area (TPSA) is 96.4 Å². The Morgan fingerprint density at radius 2 is 1.62 bits per heavy atom. The Labute approximate surface area is 175 Å². The summed E-state index contributed by atoms with van der Waals surface area (Å²) in [6, 6.07) is 9.55. The highest BCUT2D eigenvalue weighted by Gasteiger charge is 2.26. The van der Waals surface area contributed by atoms with Crippen molar-refractivity contribution in [3.05, 3.63) is 64.7 Å². The molecule has 0 amide bonds. The molecule has 1 heterocycles. The fraction of sp³-hybridized carbons (Fsp3) is 0.211. The maximum Gasteiger partial charge on any atom is 0.264 e. The summed E-state index contributed by atoms with van der Waals surface area (Å²) in [6.07, 6.45) is 1.50. The van der Waals surface area contributed by atoms with Gasteiger partial charge in [-0.15, -0.1) is 11.3 Å². The summed E-state index contributed by atoms with van der Waals surface area (Å²) in [5.41, 5.74) is 2.39. The van der Waals surface area contributed by atoms with E-state index in [1.807, 2.05) is 6.92 Å². The summed E-state index contributed by atoms with van der Waals surface area (Å²) in [7, 11) is -6.36. The zero-order valence-electron chi connectivity index (χ0n) is 16.4. The number of nitrogens with one attached hydrogen (secondary N) is 1. The minimum Gasteiger partial charge on any atom is -0.269 e. The summed E-state index contributed by atoms with van der Waals surface area (Å²) < 4.78 is 55.3. The van der Waals surface area contributed by atoms with Crippen LogP contribution in [0.1, 0.15) is 16.7 Å². The molecule has 0 radical (unpaired) electrons. The third-order valence-electron chi connectivity index (χ3n) is 4.46. The molecule has 0 aliphatic heterocycles. The van der Waals surface area contributed by atoms with E-state index < -0.39 is 20.0 Å². The Bertz CT molecular complexity index is 1230. The lowest BCUT2D eigenvalue weighted by molar-refractivity contribution is 0.593. The van der Waals surface area contributed by atoms with Crippen molar-refractivity contribution in [2.75, 3.05) is 16.1 Å². The molecule has 2 aromatic carbocycles. The van der Waals surface area contributed by atoms with Crippen LogP contribution in [0.15, 0.2) is 57.8 Å². The second-order valence-electron chi connectivity index (χ2n) is 6.63. The molecule has 0 atom stereocenters. The largest absolute Gasteiger partial charge is 0.269 e. The number of hydrogen-bond donors (Lipinski definition) is 1. The number of thiazole rings is 1. The molecule has 0 bridgehead atoms. The monoisotopic (exact) mass is 451 g/mol. The van der Waals surface area contributed by atoms with E-state index >= 15 is 0 Å². The maximum atomic E-state index is 13.1. The lowest BCUT2D eigenvalue weighted by atomic mass is 10.1. The summed E-state index contributed by atoms with van der Waals surface area (Å²) in [6.45, 7) is 5.28. The van der Waals surface area contributed by atoms with Gasteiger partial charge in [-0.05, 0) is 50.1 Å². The molecule has 29 heavy (non-hydrogen) atoms. The smallest absolute Gasteiger partial charge is 0.264 e. The van der Waals surface area contributed by atoms with Gasteiger partial charge in [0.15, 0.2) is 5.13 Å². The number of anilines is 2. The first-order chi connectivity index (χ1) is 13.5. The summed E-state index contributed by atoms with van der Waals surface area (Å²) in [5.74, 6) is 0. The second kappa shape index (κ2) is 7.77. The molecule has 0 fully saturated rings. The molecule has 10 heteroatoms. The van der Waals surface area contributed by atoms with Crippen molar-refractivity contribution < 1.29 is 16.8 Å². The molecule has 3 rings (SSSR count). The van der Waals surface area contributed by atoms with Gasteiger partial charge in [0.05, 0.1) is 15.5 Å². The van der Waals surface area contributed by atoms with Gasteiger partial charge in [-0.2, -0.15) is 0 Å². The zero-order chi connectivity index (χ0) is 21.4. The predicted octanol–water partition coefficient (Wildman–Crippen LogP) is 3.69. The van der Waals surface area contributed by atoms with Crippen molar-refractivity contribution in [1.29, 1.82) is 0 Å². The maximum absolute atomic E-state index is 13.1. The second-order valence-corrected chi connectivity index (χ2v) is 11.1. The minimum absolute atomic E-state index is 0.000689. The minimum atomic E-state index is -3.93. The molecule has 0 saturated carbocycles.